The van der Waals surface area contributed by atoms with E-state index in [0.29, 0.717) is 17.7 Å². The maximum atomic E-state index is 12.2. The van der Waals surface area contributed by atoms with Gasteiger partial charge in [-0.1, -0.05) is 42.5 Å². The highest BCUT2D eigenvalue weighted by Gasteiger charge is 2.32. The average molecular weight is 360 g/mol. The normalized spacial score (nSPS) is 16.4. The fourth-order valence-electron chi connectivity index (χ4n) is 3.54. The monoisotopic (exact) mass is 360 g/mol. The Labute approximate surface area is 157 Å². The van der Waals surface area contributed by atoms with Crippen LogP contribution >= 0.6 is 0 Å². The molecule has 3 aromatic rings. The molecule has 1 amide bonds. The maximum Gasteiger partial charge on any atom is 0.240 e. The molecular formula is C22H20N2O3. The molecule has 0 bridgehead atoms. The summed E-state index contributed by atoms with van der Waals surface area (Å²) in [7, 11) is 1.62. The van der Waals surface area contributed by atoms with Crippen molar-refractivity contribution in [1.29, 1.82) is 0 Å². The SMILES string of the molecule is COc1ccc([C@@H]2CC(c3ccc4ccccc4c3O)=NN2C(C)=O)cc1. The zero-order valence-corrected chi connectivity index (χ0v) is 15.2. The summed E-state index contributed by atoms with van der Waals surface area (Å²) in [5.74, 6) is 0.830. The zero-order chi connectivity index (χ0) is 19.0. The van der Waals surface area contributed by atoms with Gasteiger partial charge in [-0.3, -0.25) is 4.79 Å². The summed E-state index contributed by atoms with van der Waals surface area (Å²) in [6.45, 7) is 1.50. The Balaban J connectivity index is 1.73. The summed E-state index contributed by atoms with van der Waals surface area (Å²) in [6, 6.07) is 18.9. The Morgan fingerprint density at radius 2 is 1.85 bits per heavy atom. The number of hydrazone groups is 1. The van der Waals surface area contributed by atoms with Crippen LogP contribution in [0.2, 0.25) is 0 Å². The van der Waals surface area contributed by atoms with Crippen molar-refractivity contribution < 1.29 is 14.6 Å². The molecule has 0 radical (unpaired) electrons. The summed E-state index contributed by atoms with van der Waals surface area (Å²) < 4.78 is 5.21. The number of fused-ring (bicyclic) bond motifs is 1. The Bertz CT molecular complexity index is 1040. The van der Waals surface area contributed by atoms with Crippen molar-refractivity contribution in [3.63, 3.8) is 0 Å². The van der Waals surface area contributed by atoms with Crippen LogP contribution in [0.15, 0.2) is 65.8 Å². The molecule has 0 saturated carbocycles. The van der Waals surface area contributed by atoms with Gasteiger partial charge in [-0.05, 0) is 29.1 Å². The minimum Gasteiger partial charge on any atom is -0.507 e. The highest BCUT2D eigenvalue weighted by Crippen LogP contribution is 2.37. The molecule has 0 saturated heterocycles. The van der Waals surface area contributed by atoms with Crippen molar-refractivity contribution in [1.82, 2.24) is 5.01 Å². The molecule has 0 spiro atoms. The average Bonchev–Trinajstić information content (AvgIpc) is 3.14. The number of nitrogens with zero attached hydrogens (tertiary/aromatic N) is 2. The van der Waals surface area contributed by atoms with Crippen LogP contribution in [0.3, 0.4) is 0 Å². The number of phenols is 1. The number of aromatic hydroxyl groups is 1. The number of hydrogen-bond acceptors (Lipinski definition) is 4. The largest absolute Gasteiger partial charge is 0.507 e. The van der Waals surface area contributed by atoms with Crippen LogP contribution in [0.4, 0.5) is 0 Å². The molecule has 0 fully saturated rings. The third-order valence-electron chi connectivity index (χ3n) is 4.95. The topological polar surface area (TPSA) is 62.1 Å². The van der Waals surface area contributed by atoms with E-state index in [1.54, 1.807) is 7.11 Å². The molecule has 1 aliphatic rings. The second-order valence-corrected chi connectivity index (χ2v) is 6.59. The molecular weight excluding hydrogens is 340 g/mol. The molecule has 1 heterocycles. The fourth-order valence-corrected chi connectivity index (χ4v) is 3.54. The van der Waals surface area contributed by atoms with Crippen LogP contribution in [-0.4, -0.2) is 28.8 Å². The summed E-state index contributed by atoms with van der Waals surface area (Å²) in [5.41, 5.74) is 2.34. The van der Waals surface area contributed by atoms with Crippen molar-refractivity contribution in [2.45, 2.75) is 19.4 Å². The van der Waals surface area contributed by atoms with Crippen molar-refractivity contribution in [2.75, 3.05) is 7.11 Å². The van der Waals surface area contributed by atoms with Gasteiger partial charge in [-0.15, -0.1) is 0 Å². The first-order valence-corrected chi connectivity index (χ1v) is 8.81. The first kappa shape index (κ1) is 17.1. The molecule has 5 heteroatoms. The van der Waals surface area contributed by atoms with Gasteiger partial charge in [0.2, 0.25) is 5.91 Å². The highest BCUT2D eigenvalue weighted by atomic mass is 16.5. The van der Waals surface area contributed by atoms with Gasteiger partial charge in [0.15, 0.2) is 0 Å². The summed E-state index contributed by atoms with van der Waals surface area (Å²) in [4.78, 5) is 12.2. The van der Waals surface area contributed by atoms with Crippen LogP contribution in [0.25, 0.3) is 10.8 Å². The second-order valence-electron chi connectivity index (χ2n) is 6.59. The van der Waals surface area contributed by atoms with E-state index in [9.17, 15) is 9.90 Å². The van der Waals surface area contributed by atoms with Crippen LogP contribution in [-0.2, 0) is 4.79 Å². The Kier molecular flexibility index (Phi) is 4.28. The summed E-state index contributed by atoms with van der Waals surface area (Å²) in [6.07, 6.45) is 0.539. The molecule has 27 heavy (non-hydrogen) atoms. The van der Waals surface area contributed by atoms with Crippen LogP contribution in [0.5, 0.6) is 11.5 Å². The van der Waals surface area contributed by atoms with E-state index in [1.165, 1.54) is 11.9 Å². The third kappa shape index (κ3) is 3.01. The number of phenolic OH excluding ortho intramolecular Hbond substituents is 1. The number of hydrogen-bond donors (Lipinski definition) is 1. The van der Waals surface area contributed by atoms with Gasteiger partial charge in [0, 0.05) is 24.3 Å². The van der Waals surface area contributed by atoms with Gasteiger partial charge in [-0.25, -0.2) is 5.01 Å². The van der Waals surface area contributed by atoms with E-state index >= 15 is 0 Å². The first-order valence-electron chi connectivity index (χ1n) is 8.81. The predicted molar refractivity (Wildman–Crippen MR) is 105 cm³/mol. The lowest BCUT2D eigenvalue weighted by molar-refractivity contribution is -0.130. The number of carbonyl (C=O) groups is 1. The van der Waals surface area contributed by atoms with Gasteiger partial charge in [0.25, 0.3) is 0 Å². The predicted octanol–water partition coefficient (Wildman–Crippen LogP) is 4.25. The molecule has 136 valence electrons. The number of ether oxygens (including phenoxy) is 1. The summed E-state index contributed by atoms with van der Waals surface area (Å²) in [5, 5.41) is 18.5. The minimum absolute atomic E-state index is 0.133. The standard InChI is InChI=1S/C22H20N2O3/c1-14(25)24-21(16-7-10-17(27-2)11-8-16)13-20(23-24)19-12-9-15-5-3-4-6-18(15)22(19)26/h3-12,21,26H,13H2,1-2H3/t21-/m0/s1. The van der Waals surface area contributed by atoms with Crippen molar-refractivity contribution >= 4 is 22.4 Å². The molecule has 1 aliphatic heterocycles. The van der Waals surface area contributed by atoms with Gasteiger partial charge in [-0.2, -0.15) is 5.10 Å². The number of carbonyl (C=O) groups excluding carboxylic acids is 1. The molecule has 1 N–H and O–H groups in total. The molecule has 5 nitrogen and oxygen atoms in total. The lowest BCUT2D eigenvalue weighted by Gasteiger charge is -2.20. The lowest BCUT2D eigenvalue weighted by Crippen LogP contribution is -2.24. The van der Waals surface area contributed by atoms with E-state index in [4.69, 9.17) is 4.74 Å². The van der Waals surface area contributed by atoms with Gasteiger partial charge in [0.1, 0.15) is 11.5 Å². The third-order valence-corrected chi connectivity index (χ3v) is 4.95. The van der Waals surface area contributed by atoms with E-state index < -0.39 is 0 Å². The van der Waals surface area contributed by atoms with Crippen LogP contribution < -0.4 is 4.74 Å². The number of amides is 1. The Hall–Kier alpha value is -3.34. The van der Waals surface area contributed by atoms with E-state index in [1.807, 2.05) is 60.7 Å². The van der Waals surface area contributed by atoms with Crippen molar-refractivity contribution in [3.8, 4) is 11.5 Å². The van der Waals surface area contributed by atoms with E-state index in [0.717, 1.165) is 22.1 Å². The molecule has 0 unspecified atom stereocenters. The van der Waals surface area contributed by atoms with E-state index in [2.05, 4.69) is 5.10 Å². The molecule has 4 rings (SSSR count). The summed E-state index contributed by atoms with van der Waals surface area (Å²) >= 11 is 0. The van der Waals surface area contributed by atoms with Gasteiger partial charge < -0.3 is 9.84 Å². The number of rotatable bonds is 3. The zero-order valence-electron chi connectivity index (χ0n) is 15.2. The molecule has 0 aromatic heterocycles. The molecule has 0 aliphatic carbocycles. The minimum atomic E-state index is -0.200. The smallest absolute Gasteiger partial charge is 0.240 e. The van der Waals surface area contributed by atoms with Crippen molar-refractivity contribution in [3.05, 3.63) is 71.8 Å². The molecule has 1 atom stereocenters. The van der Waals surface area contributed by atoms with Crippen LogP contribution in [0.1, 0.15) is 30.5 Å². The Morgan fingerprint density at radius 1 is 1.11 bits per heavy atom. The number of benzene rings is 3. The lowest BCUT2D eigenvalue weighted by atomic mass is 9.96. The first-order chi connectivity index (χ1) is 13.1. The van der Waals surface area contributed by atoms with E-state index in [-0.39, 0.29) is 17.7 Å². The van der Waals surface area contributed by atoms with Crippen LogP contribution in [0, 0.1) is 0 Å². The van der Waals surface area contributed by atoms with Gasteiger partial charge >= 0.3 is 0 Å². The quantitative estimate of drug-likeness (QED) is 0.759. The molecule has 3 aromatic carbocycles. The maximum absolute atomic E-state index is 12.2. The van der Waals surface area contributed by atoms with Crippen molar-refractivity contribution in [2.24, 2.45) is 5.10 Å². The van der Waals surface area contributed by atoms with Gasteiger partial charge in [0.05, 0.1) is 18.9 Å². The second kappa shape index (κ2) is 6.76. The number of methoxy groups -OCH3 is 1. The highest BCUT2D eigenvalue weighted by molar-refractivity contribution is 6.09. The Morgan fingerprint density at radius 3 is 2.56 bits per heavy atom. The fraction of sp³-hybridized carbons (Fsp3) is 0.182.